The number of carboxylic acid groups (broad SMARTS) is 2. The molecule has 5 aromatic heterocycles. The number of hydrogen-bond donors (Lipinski definition) is 4. The Bertz CT molecular complexity index is 3110. The van der Waals surface area contributed by atoms with E-state index in [0.29, 0.717) is 70.6 Å². The van der Waals surface area contributed by atoms with Gasteiger partial charge in [-0.05, 0) is 93.4 Å². The van der Waals surface area contributed by atoms with E-state index in [1.807, 2.05) is 0 Å². The fourth-order valence-corrected chi connectivity index (χ4v) is 7.47. The Balaban J connectivity index is 0.957. The van der Waals surface area contributed by atoms with E-state index in [9.17, 15) is 19.8 Å². The molecule has 2 unspecified atom stereocenters. The molecule has 18 heteroatoms. The molecule has 0 radical (unpaired) electrons. The minimum atomic E-state index is -2.06. The lowest BCUT2D eigenvalue weighted by molar-refractivity contribution is -0.177. The van der Waals surface area contributed by atoms with Gasteiger partial charge in [0.25, 0.3) is 0 Å². The molecule has 0 bridgehead atoms. The first-order chi connectivity index (χ1) is 29.9. The summed E-state index contributed by atoms with van der Waals surface area (Å²) in [6.45, 7) is 4.65. The highest BCUT2D eigenvalue weighted by atomic mass is 35.5. The molecule has 5 heterocycles. The van der Waals surface area contributed by atoms with Crippen LogP contribution in [0.4, 0.5) is 8.78 Å². The fraction of sp³-hybridized carbons (Fsp3) is 0.178. The van der Waals surface area contributed by atoms with Crippen molar-refractivity contribution in [2.24, 2.45) is 10.8 Å². The molecule has 2 atom stereocenters. The van der Waals surface area contributed by atoms with Crippen molar-refractivity contribution in [3.8, 4) is 56.8 Å². The number of halogens is 5. The molecule has 0 aliphatic rings. The third kappa shape index (κ3) is 8.10. The SMILES string of the molecule is Cc1cc(-c2ccc(-c3nc4cc(Cl)c(Cl)cc4[nH]3)c(F)c2)cnc1OCC(C)(C(=O)O)C(C)(COc1ncc(-c2ccc(-c3nc4ncc(Cl)cc4[nH]3)c(F)c2)cc1C)C(=O)O. The first-order valence-electron chi connectivity index (χ1n) is 19.1. The predicted octanol–water partition coefficient (Wildman–Crippen LogP) is 10.8. The number of nitrogens with zero attached hydrogens (tertiary/aromatic N) is 5. The number of rotatable bonds is 13. The zero-order valence-electron chi connectivity index (χ0n) is 33.7. The van der Waals surface area contributed by atoms with Crippen LogP contribution < -0.4 is 9.47 Å². The molecular weight excluding hydrogens is 879 g/mol. The molecule has 8 aromatic rings. The summed E-state index contributed by atoms with van der Waals surface area (Å²) in [6, 6.07) is 17.4. The summed E-state index contributed by atoms with van der Waals surface area (Å²) in [5.41, 5.74) is 1.43. The van der Waals surface area contributed by atoms with Crippen molar-refractivity contribution in [1.82, 2.24) is 34.9 Å². The fourth-order valence-electron chi connectivity index (χ4n) is 6.99. The average Bonchev–Trinajstić information content (AvgIpc) is 3.85. The summed E-state index contributed by atoms with van der Waals surface area (Å²) in [5, 5.41) is 22.1. The van der Waals surface area contributed by atoms with E-state index >= 15 is 8.78 Å². The van der Waals surface area contributed by atoms with Crippen LogP contribution in [-0.4, -0.2) is 70.3 Å². The number of aliphatic carboxylic acids is 2. The summed E-state index contributed by atoms with van der Waals surface area (Å²) in [5.74, 6) is -3.34. The van der Waals surface area contributed by atoms with Crippen LogP contribution >= 0.6 is 34.8 Å². The molecule has 3 aromatic carbocycles. The number of H-pyrrole nitrogens is 2. The third-order valence-electron chi connectivity index (χ3n) is 11.2. The first kappa shape index (κ1) is 43.0. The quantitative estimate of drug-likeness (QED) is 0.0861. The van der Waals surface area contributed by atoms with Gasteiger partial charge in [-0.15, -0.1) is 0 Å². The van der Waals surface area contributed by atoms with Crippen LogP contribution in [0.2, 0.25) is 15.1 Å². The Morgan fingerprint density at radius 1 is 0.635 bits per heavy atom. The Morgan fingerprint density at radius 3 is 1.62 bits per heavy atom. The molecule has 4 N–H and O–H groups in total. The Kier molecular flexibility index (Phi) is 11.3. The second-order valence-corrected chi connectivity index (χ2v) is 16.7. The van der Waals surface area contributed by atoms with Gasteiger partial charge in [-0.3, -0.25) is 9.59 Å². The summed E-state index contributed by atoms with van der Waals surface area (Å²) >= 11 is 18.3. The molecule has 0 saturated carbocycles. The van der Waals surface area contributed by atoms with Crippen molar-refractivity contribution < 1.29 is 38.1 Å². The maximum atomic E-state index is 15.5. The topological polar surface area (TPSA) is 189 Å². The van der Waals surface area contributed by atoms with Gasteiger partial charge >= 0.3 is 11.9 Å². The number of carbonyl (C=O) groups is 2. The normalized spacial score (nSPS) is 13.5. The van der Waals surface area contributed by atoms with Crippen molar-refractivity contribution in [3.05, 3.63) is 123 Å². The number of aromatic amines is 2. The lowest BCUT2D eigenvalue weighted by Gasteiger charge is -2.39. The van der Waals surface area contributed by atoms with E-state index in [1.54, 1.807) is 68.4 Å². The third-order valence-corrected chi connectivity index (χ3v) is 12.1. The molecule has 0 saturated heterocycles. The number of aryl methyl sites for hydroxylation is 2. The lowest BCUT2D eigenvalue weighted by atomic mass is 9.66. The minimum Gasteiger partial charge on any atom is -0.481 e. The minimum absolute atomic E-state index is 0.0497. The zero-order valence-corrected chi connectivity index (χ0v) is 35.9. The largest absolute Gasteiger partial charge is 0.481 e. The van der Waals surface area contributed by atoms with Crippen LogP contribution in [0.5, 0.6) is 11.8 Å². The second-order valence-electron chi connectivity index (χ2n) is 15.4. The van der Waals surface area contributed by atoms with Crippen molar-refractivity contribution >= 4 is 68.9 Å². The van der Waals surface area contributed by atoms with E-state index in [2.05, 4.69) is 34.9 Å². The van der Waals surface area contributed by atoms with Gasteiger partial charge in [-0.1, -0.05) is 46.9 Å². The number of aromatic nitrogens is 7. The number of imidazole rings is 2. The molecule has 8 rings (SSSR count). The molecule has 63 heavy (non-hydrogen) atoms. The van der Waals surface area contributed by atoms with Crippen LogP contribution in [0.25, 0.3) is 67.2 Å². The van der Waals surface area contributed by atoms with E-state index < -0.39 is 47.6 Å². The number of benzene rings is 3. The van der Waals surface area contributed by atoms with E-state index in [1.165, 1.54) is 44.6 Å². The van der Waals surface area contributed by atoms with Gasteiger partial charge in [0.05, 0.1) is 42.7 Å². The monoisotopic (exact) mass is 911 g/mol. The van der Waals surface area contributed by atoms with Gasteiger partial charge < -0.3 is 29.7 Å². The van der Waals surface area contributed by atoms with Crippen molar-refractivity contribution in [2.45, 2.75) is 27.7 Å². The van der Waals surface area contributed by atoms with Gasteiger partial charge in [0.15, 0.2) is 5.65 Å². The highest BCUT2D eigenvalue weighted by molar-refractivity contribution is 6.42. The summed E-state index contributed by atoms with van der Waals surface area (Å²) < 4.78 is 42.8. The van der Waals surface area contributed by atoms with Gasteiger partial charge in [0.2, 0.25) is 11.8 Å². The highest BCUT2D eigenvalue weighted by Crippen LogP contribution is 2.42. The average molecular weight is 913 g/mol. The standard InChI is InChI=1S/C45H34Cl3F2N7O6/c1-21-9-25(23-5-7-28(32(49)11-23)37-54-34-14-30(47)31(48)15-35(34)55-37)16-52-40(21)62-19-44(3,42(58)59)45(4,43(60)61)20-63-41-22(2)10-26(17-53-41)24-6-8-29(33(50)12-24)38-56-36-13-27(46)18-51-39(36)57-38/h5-18H,19-20H2,1-4H3,(H,54,55)(H,58,59)(H,60,61)(H,51,56,57). The van der Waals surface area contributed by atoms with Gasteiger partial charge in [0, 0.05) is 40.8 Å². The molecular formula is C45H34Cl3F2N7O6. The summed E-state index contributed by atoms with van der Waals surface area (Å²) in [7, 11) is 0. The first-order valence-corrected chi connectivity index (χ1v) is 20.2. The summed E-state index contributed by atoms with van der Waals surface area (Å²) in [6.07, 6.45) is 4.33. The summed E-state index contributed by atoms with van der Waals surface area (Å²) in [4.78, 5) is 53.6. The number of fused-ring (bicyclic) bond motifs is 2. The Hall–Kier alpha value is -6.68. The van der Waals surface area contributed by atoms with Crippen molar-refractivity contribution in [2.75, 3.05) is 13.2 Å². The molecule has 0 aliphatic carbocycles. The Labute approximate surface area is 372 Å². The molecule has 13 nitrogen and oxygen atoms in total. The van der Waals surface area contributed by atoms with Crippen LogP contribution in [-0.2, 0) is 9.59 Å². The molecule has 0 aliphatic heterocycles. The Morgan fingerprint density at radius 2 is 1.13 bits per heavy atom. The smallest absolute Gasteiger partial charge is 0.314 e. The number of pyridine rings is 3. The molecule has 0 amide bonds. The number of nitrogens with one attached hydrogen (secondary N) is 2. The lowest BCUT2D eigenvalue weighted by Crippen LogP contribution is -2.55. The van der Waals surface area contributed by atoms with Crippen LogP contribution in [0.3, 0.4) is 0 Å². The second kappa shape index (κ2) is 16.5. The van der Waals surface area contributed by atoms with Gasteiger partial charge in [-0.25, -0.2) is 33.7 Å². The van der Waals surface area contributed by atoms with Crippen LogP contribution in [0.15, 0.2) is 85.3 Å². The molecule has 0 spiro atoms. The maximum absolute atomic E-state index is 15.5. The molecule has 0 fully saturated rings. The van der Waals surface area contributed by atoms with Crippen LogP contribution in [0.1, 0.15) is 25.0 Å². The zero-order chi connectivity index (χ0) is 45.0. The number of carboxylic acids is 2. The van der Waals surface area contributed by atoms with E-state index in [4.69, 9.17) is 44.3 Å². The van der Waals surface area contributed by atoms with E-state index in [0.717, 1.165) is 0 Å². The van der Waals surface area contributed by atoms with Gasteiger partial charge in [0.1, 0.15) is 47.3 Å². The number of hydrogen-bond acceptors (Lipinski definition) is 9. The highest BCUT2D eigenvalue weighted by Gasteiger charge is 2.57. The number of ether oxygens (including phenoxy) is 2. The molecule has 320 valence electrons. The van der Waals surface area contributed by atoms with Crippen molar-refractivity contribution in [3.63, 3.8) is 0 Å². The van der Waals surface area contributed by atoms with Gasteiger partial charge in [-0.2, -0.15) is 0 Å². The van der Waals surface area contributed by atoms with E-state index in [-0.39, 0.29) is 34.5 Å². The van der Waals surface area contributed by atoms with Crippen molar-refractivity contribution in [1.29, 1.82) is 0 Å². The maximum Gasteiger partial charge on any atom is 0.314 e. The predicted molar refractivity (Wildman–Crippen MR) is 234 cm³/mol. The van der Waals surface area contributed by atoms with Crippen LogP contribution in [0, 0.1) is 36.3 Å².